The van der Waals surface area contributed by atoms with Crippen molar-refractivity contribution in [2.45, 2.75) is 46.5 Å². The van der Waals surface area contributed by atoms with Crippen molar-refractivity contribution in [3.05, 3.63) is 41.0 Å². The third-order valence-electron chi connectivity index (χ3n) is 3.34. The molecule has 0 heterocycles. The van der Waals surface area contributed by atoms with E-state index in [0.29, 0.717) is 18.6 Å². The van der Waals surface area contributed by atoms with E-state index in [1.165, 1.54) is 18.2 Å². The molecule has 0 aliphatic rings. The summed E-state index contributed by atoms with van der Waals surface area (Å²) < 4.78 is 10.6. The molecule has 0 aliphatic heterocycles. The predicted molar refractivity (Wildman–Crippen MR) is 85.8 cm³/mol. The maximum absolute atomic E-state index is 11.5. The normalized spacial score (nSPS) is 12.2. The van der Waals surface area contributed by atoms with Gasteiger partial charge in [-0.15, -0.1) is 0 Å². The first-order valence-corrected chi connectivity index (χ1v) is 7.30. The third kappa shape index (κ3) is 4.92. The van der Waals surface area contributed by atoms with E-state index >= 15 is 0 Å². The van der Waals surface area contributed by atoms with E-state index in [2.05, 4.69) is 33.8 Å². The lowest BCUT2D eigenvalue weighted by molar-refractivity contribution is -0.136. The summed E-state index contributed by atoms with van der Waals surface area (Å²) in [6.45, 7) is 10.9. The molecular weight excluding hydrogens is 264 g/mol. The summed E-state index contributed by atoms with van der Waals surface area (Å²) in [6, 6.07) is 6.18. The Bertz CT molecular complexity index is 522. The van der Waals surface area contributed by atoms with Crippen LogP contribution >= 0.6 is 0 Å². The number of benzene rings is 1. The first-order valence-electron chi connectivity index (χ1n) is 7.30. The molecule has 116 valence electrons. The lowest BCUT2D eigenvalue weighted by atomic mass is 9.85. The van der Waals surface area contributed by atoms with E-state index in [1.54, 1.807) is 6.08 Å². The van der Waals surface area contributed by atoms with E-state index in [4.69, 9.17) is 9.47 Å². The van der Waals surface area contributed by atoms with Crippen LogP contribution in [0.1, 0.15) is 45.2 Å². The molecule has 0 amide bonds. The highest BCUT2D eigenvalue weighted by atomic mass is 16.5. The predicted octanol–water partition coefficient (Wildman–Crippen LogP) is 4.18. The zero-order valence-corrected chi connectivity index (χ0v) is 13.9. The zero-order chi connectivity index (χ0) is 16.0. The number of rotatable bonds is 5. The van der Waals surface area contributed by atoms with E-state index in [1.807, 2.05) is 19.1 Å². The topological polar surface area (TPSA) is 35.5 Å². The van der Waals surface area contributed by atoms with Crippen LogP contribution in [-0.4, -0.2) is 19.7 Å². The number of aryl methyl sites for hydroxylation is 1. The van der Waals surface area contributed by atoms with Gasteiger partial charge in [-0.3, -0.25) is 0 Å². The Morgan fingerprint density at radius 2 is 1.95 bits per heavy atom. The van der Waals surface area contributed by atoms with Gasteiger partial charge in [-0.05, 0) is 36.5 Å². The van der Waals surface area contributed by atoms with Crippen LogP contribution in [0.15, 0.2) is 29.8 Å². The minimum Gasteiger partial charge on any atom is -0.489 e. The van der Waals surface area contributed by atoms with Crippen LogP contribution in [0.25, 0.3) is 0 Å². The van der Waals surface area contributed by atoms with Crippen molar-refractivity contribution in [1.82, 2.24) is 0 Å². The first kappa shape index (κ1) is 17.3. The molecule has 0 saturated carbocycles. The van der Waals surface area contributed by atoms with Crippen LogP contribution in [0, 0.1) is 6.92 Å². The summed E-state index contributed by atoms with van der Waals surface area (Å²) in [6.07, 6.45) is 2.42. The van der Waals surface area contributed by atoms with Crippen molar-refractivity contribution in [1.29, 1.82) is 0 Å². The highest BCUT2D eigenvalue weighted by Crippen LogP contribution is 2.32. The summed E-state index contributed by atoms with van der Waals surface area (Å²) in [7, 11) is 1.39. The van der Waals surface area contributed by atoms with Gasteiger partial charge in [-0.2, -0.15) is 0 Å². The van der Waals surface area contributed by atoms with Crippen molar-refractivity contribution in [3.8, 4) is 5.75 Å². The van der Waals surface area contributed by atoms with Gasteiger partial charge in [0.1, 0.15) is 12.4 Å². The number of esters is 1. The van der Waals surface area contributed by atoms with Crippen LogP contribution < -0.4 is 4.74 Å². The van der Waals surface area contributed by atoms with Crippen molar-refractivity contribution in [3.63, 3.8) is 0 Å². The van der Waals surface area contributed by atoms with Gasteiger partial charge in [0, 0.05) is 5.57 Å². The molecule has 0 N–H and O–H groups in total. The number of methoxy groups -OCH3 is 1. The molecule has 0 spiro atoms. The number of carbonyl (C=O) groups excluding carboxylic acids is 1. The second-order valence-corrected chi connectivity index (χ2v) is 6.14. The van der Waals surface area contributed by atoms with Crippen molar-refractivity contribution in [2.24, 2.45) is 0 Å². The molecule has 1 aromatic rings. The fourth-order valence-electron chi connectivity index (χ4n) is 2.09. The number of hydrogen-bond donors (Lipinski definition) is 0. The van der Waals surface area contributed by atoms with E-state index in [9.17, 15) is 4.79 Å². The van der Waals surface area contributed by atoms with Gasteiger partial charge >= 0.3 is 5.97 Å². The minimum absolute atomic E-state index is 0.0149. The second kappa shape index (κ2) is 7.30. The molecule has 3 heteroatoms. The van der Waals surface area contributed by atoms with Crippen LogP contribution in [-0.2, 0) is 14.9 Å². The third-order valence-corrected chi connectivity index (χ3v) is 3.34. The van der Waals surface area contributed by atoms with Crippen LogP contribution in [0.3, 0.4) is 0 Å². The van der Waals surface area contributed by atoms with Gasteiger partial charge in [0.15, 0.2) is 0 Å². The molecule has 0 atom stereocenters. The Morgan fingerprint density at radius 1 is 1.29 bits per heavy atom. The van der Waals surface area contributed by atoms with E-state index < -0.39 is 0 Å². The van der Waals surface area contributed by atoms with Gasteiger partial charge in [0.25, 0.3) is 0 Å². The van der Waals surface area contributed by atoms with Gasteiger partial charge in [0.05, 0.1) is 7.11 Å². The largest absolute Gasteiger partial charge is 0.489 e. The standard InChI is InChI=1S/C18H26O3/c1-7-14(17(19)20-6)10-11-21-16-9-8-13(2)12-15(16)18(3,4)5/h8-10,12H,7,11H2,1-6H3. The van der Waals surface area contributed by atoms with Crippen molar-refractivity contribution in [2.75, 3.05) is 13.7 Å². The van der Waals surface area contributed by atoms with E-state index in [0.717, 1.165) is 5.75 Å². The van der Waals surface area contributed by atoms with Gasteiger partial charge in [0.2, 0.25) is 0 Å². The lowest BCUT2D eigenvalue weighted by Gasteiger charge is -2.23. The maximum Gasteiger partial charge on any atom is 0.333 e. The zero-order valence-electron chi connectivity index (χ0n) is 13.9. The smallest absolute Gasteiger partial charge is 0.333 e. The van der Waals surface area contributed by atoms with Gasteiger partial charge < -0.3 is 9.47 Å². The number of carbonyl (C=O) groups is 1. The van der Waals surface area contributed by atoms with Crippen LogP contribution in [0.4, 0.5) is 0 Å². The van der Waals surface area contributed by atoms with Crippen molar-refractivity contribution >= 4 is 5.97 Å². The fourth-order valence-corrected chi connectivity index (χ4v) is 2.09. The molecule has 0 bridgehead atoms. The SMILES string of the molecule is CCC(=CCOc1ccc(C)cc1C(C)(C)C)C(=O)OC. The summed E-state index contributed by atoms with van der Waals surface area (Å²) in [4.78, 5) is 11.5. The average Bonchev–Trinajstić information content (AvgIpc) is 2.43. The molecule has 0 saturated heterocycles. The molecule has 1 aromatic carbocycles. The average molecular weight is 290 g/mol. The Labute approximate surface area is 128 Å². The van der Waals surface area contributed by atoms with Crippen LogP contribution in [0.5, 0.6) is 5.75 Å². The Balaban J connectivity index is 2.90. The summed E-state index contributed by atoms with van der Waals surface area (Å²) in [5, 5.41) is 0. The van der Waals surface area contributed by atoms with Crippen molar-refractivity contribution < 1.29 is 14.3 Å². The molecular formula is C18H26O3. The fraction of sp³-hybridized carbons (Fsp3) is 0.500. The van der Waals surface area contributed by atoms with Gasteiger partial charge in [-0.25, -0.2) is 4.79 Å². The molecule has 3 nitrogen and oxygen atoms in total. The second-order valence-electron chi connectivity index (χ2n) is 6.14. The Kier molecular flexibility index (Phi) is 6.01. The Hall–Kier alpha value is -1.77. The first-order chi connectivity index (χ1) is 9.79. The maximum atomic E-state index is 11.5. The number of hydrogen-bond acceptors (Lipinski definition) is 3. The van der Waals surface area contributed by atoms with Crippen LogP contribution in [0.2, 0.25) is 0 Å². The highest BCUT2D eigenvalue weighted by molar-refractivity contribution is 5.88. The minimum atomic E-state index is -0.291. The molecule has 0 fully saturated rings. The molecule has 0 radical (unpaired) electrons. The summed E-state index contributed by atoms with van der Waals surface area (Å²) >= 11 is 0. The molecule has 21 heavy (non-hydrogen) atoms. The number of ether oxygens (including phenoxy) is 2. The molecule has 1 rings (SSSR count). The quantitative estimate of drug-likeness (QED) is 0.603. The van der Waals surface area contributed by atoms with E-state index in [-0.39, 0.29) is 11.4 Å². The monoisotopic (exact) mass is 290 g/mol. The molecule has 0 aliphatic carbocycles. The van der Waals surface area contributed by atoms with Gasteiger partial charge in [-0.1, -0.05) is 45.4 Å². The summed E-state index contributed by atoms with van der Waals surface area (Å²) in [5.74, 6) is 0.575. The lowest BCUT2D eigenvalue weighted by Crippen LogP contribution is -2.14. The Morgan fingerprint density at radius 3 is 2.48 bits per heavy atom. The summed E-state index contributed by atoms with van der Waals surface area (Å²) in [5.41, 5.74) is 3.04. The molecule has 0 aromatic heterocycles. The molecule has 0 unspecified atom stereocenters. The highest BCUT2D eigenvalue weighted by Gasteiger charge is 2.19.